The number of aromatic nitrogens is 4. The summed E-state index contributed by atoms with van der Waals surface area (Å²) in [5, 5.41) is 0.487. The van der Waals surface area contributed by atoms with Gasteiger partial charge in [0.15, 0.2) is 0 Å². The van der Waals surface area contributed by atoms with E-state index in [1.165, 1.54) is 21.9 Å². The molecule has 0 spiro atoms. The molecule has 0 atom stereocenters. The van der Waals surface area contributed by atoms with Crippen molar-refractivity contribution in [3.63, 3.8) is 0 Å². The van der Waals surface area contributed by atoms with Gasteiger partial charge >= 0.3 is 0 Å². The number of nitrogens with zero attached hydrogens (tertiary/aromatic N) is 4. The molecule has 4 aromatic rings. The lowest BCUT2D eigenvalue weighted by atomic mass is 10.2. The molecule has 0 saturated heterocycles. The zero-order valence-electron chi connectivity index (χ0n) is 12.6. The molecule has 7 heteroatoms. The summed E-state index contributed by atoms with van der Waals surface area (Å²) in [6.07, 6.45) is 2.92. The van der Waals surface area contributed by atoms with Gasteiger partial charge in [-0.3, -0.25) is 19.6 Å². The van der Waals surface area contributed by atoms with Crippen LogP contribution in [0.15, 0.2) is 66.0 Å². The molecule has 0 fully saturated rings. The number of para-hydroxylation sites is 3. The Balaban J connectivity index is 1.60. The molecule has 0 aliphatic rings. The molecule has 0 radical (unpaired) electrons. The van der Waals surface area contributed by atoms with Crippen LogP contribution in [0.25, 0.3) is 21.9 Å². The summed E-state index contributed by atoms with van der Waals surface area (Å²) < 4.78 is 2.83. The number of carbonyl (C=O) groups is 1. The molecule has 4 rings (SSSR count). The number of nitrogens with one attached hydrogen (secondary N) is 1. The van der Waals surface area contributed by atoms with Crippen molar-refractivity contribution in [1.82, 2.24) is 19.2 Å². The van der Waals surface area contributed by atoms with E-state index in [1.54, 1.807) is 18.2 Å². The summed E-state index contributed by atoms with van der Waals surface area (Å²) in [6, 6.07) is 14.5. The average Bonchev–Trinajstić information content (AvgIpc) is 3.01. The topological polar surface area (TPSA) is 81.8 Å². The predicted molar refractivity (Wildman–Crippen MR) is 90.1 cm³/mol. The van der Waals surface area contributed by atoms with Gasteiger partial charge in [0.05, 0.1) is 28.3 Å². The number of hydrogen-bond acceptors (Lipinski definition) is 4. The molecule has 0 unspecified atom stereocenters. The molecule has 2 aromatic heterocycles. The second-order valence-corrected chi connectivity index (χ2v) is 5.33. The van der Waals surface area contributed by atoms with Gasteiger partial charge in [-0.05, 0) is 24.3 Å². The predicted octanol–water partition coefficient (Wildman–Crippen LogP) is 1.52. The van der Waals surface area contributed by atoms with E-state index in [0.29, 0.717) is 10.9 Å². The first-order valence-electron chi connectivity index (χ1n) is 7.38. The lowest BCUT2D eigenvalue weighted by molar-refractivity contribution is -0.117. The van der Waals surface area contributed by atoms with E-state index < -0.39 is 0 Å². The maximum absolute atomic E-state index is 12.4. The second-order valence-electron chi connectivity index (χ2n) is 5.33. The van der Waals surface area contributed by atoms with Crippen molar-refractivity contribution < 1.29 is 4.79 Å². The number of hydrogen-bond donors (Lipinski definition) is 1. The van der Waals surface area contributed by atoms with Gasteiger partial charge in [-0.15, -0.1) is 0 Å². The zero-order chi connectivity index (χ0) is 16.5. The minimum atomic E-state index is -0.336. The quantitative estimate of drug-likeness (QED) is 0.621. The van der Waals surface area contributed by atoms with Crippen LogP contribution in [0.5, 0.6) is 0 Å². The molecule has 2 aromatic carbocycles. The molecule has 1 N–H and O–H groups in total. The van der Waals surface area contributed by atoms with Crippen molar-refractivity contribution in [3.05, 3.63) is 71.5 Å². The van der Waals surface area contributed by atoms with Crippen molar-refractivity contribution in [3.8, 4) is 0 Å². The van der Waals surface area contributed by atoms with Gasteiger partial charge in [-0.2, -0.15) is 0 Å². The molecule has 2 heterocycles. The summed E-state index contributed by atoms with van der Waals surface area (Å²) in [5.74, 6) is -0.336. The third-order valence-corrected chi connectivity index (χ3v) is 3.74. The van der Waals surface area contributed by atoms with Crippen molar-refractivity contribution >= 4 is 27.8 Å². The summed E-state index contributed by atoms with van der Waals surface area (Å²) in [4.78, 5) is 33.1. The Kier molecular flexibility index (Phi) is 3.31. The third-order valence-electron chi connectivity index (χ3n) is 3.74. The minimum absolute atomic E-state index is 0.122. The highest BCUT2D eigenvalue weighted by atomic mass is 16.2. The van der Waals surface area contributed by atoms with Gasteiger partial charge in [0.25, 0.3) is 11.5 Å². The van der Waals surface area contributed by atoms with Gasteiger partial charge < -0.3 is 0 Å². The number of carbonyl (C=O) groups excluding carboxylic acids is 1. The lowest BCUT2D eigenvalue weighted by Crippen LogP contribution is -2.31. The van der Waals surface area contributed by atoms with E-state index in [4.69, 9.17) is 0 Å². The first-order chi connectivity index (χ1) is 11.7. The van der Waals surface area contributed by atoms with Gasteiger partial charge in [0.1, 0.15) is 12.9 Å². The molecule has 0 aliphatic carbocycles. The Labute approximate surface area is 136 Å². The van der Waals surface area contributed by atoms with Crippen LogP contribution >= 0.6 is 0 Å². The summed E-state index contributed by atoms with van der Waals surface area (Å²) in [6.45, 7) is -0.122. The number of fused-ring (bicyclic) bond motifs is 2. The van der Waals surface area contributed by atoms with Crippen LogP contribution in [0.3, 0.4) is 0 Å². The van der Waals surface area contributed by atoms with Crippen LogP contribution in [0.4, 0.5) is 0 Å². The fourth-order valence-electron chi connectivity index (χ4n) is 2.59. The van der Waals surface area contributed by atoms with Crippen molar-refractivity contribution in [1.29, 1.82) is 0 Å². The van der Waals surface area contributed by atoms with Gasteiger partial charge in [0.2, 0.25) is 0 Å². The summed E-state index contributed by atoms with van der Waals surface area (Å²) in [5.41, 5.74) is 4.65. The Morgan fingerprint density at radius 2 is 1.67 bits per heavy atom. The first-order valence-corrected chi connectivity index (χ1v) is 7.38. The highest BCUT2D eigenvalue weighted by molar-refractivity contribution is 5.86. The number of imidazole rings is 1. The van der Waals surface area contributed by atoms with Crippen LogP contribution < -0.4 is 11.0 Å². The fourth-order valence-corrected chi connectivity index (χ4v) is 2.59. The Bertz CT molecular complexity index is 1110. The van der Waals surface area contributed by atoms with Gasteiger partial charge in [-0.25, -0.2) is 14.6 Å². The lowest BCUT2D eigenvalue weighted by Gasteiger charge is -2.09. The largest absolute Gasteiger partial charge is 0.289 e. The number of benzene rings is 2. The molecule has 7 nitrogen and oxygen atoms in total. The average molecular weight is 319 g/mol. The van der Waals surface area contributed by atoms with Crippen LogP contribution in [0, 0.1) is 0 Å². The Hall–Kier alpha value is -3.48. The smallest absolute Gasteiger partial charge is 0.261 e. The maximum atomic E-state index is 12.4. The molecule has 1 amide bonds. The first kappa shape index (κ1) is 14.1. The fraction of sp³-hybridized carbons (Fsp3) is 0.0588. The minimum Gasteiger partial charge on any atom is -0.289 e. The third kappa shape index (κ3) is 2.41. The molecule has 24 heavy (non-hydrogen) atoms. The van der Waals surface area contributed by atoms with Gasteiger partial charge in [-0.1, -0.05) is 24.3 Å². The normalized spacial score (nSPS) is 11.0. The van der Waals surface area contributed by atoms with E-state index in [9.17, 15) is 9.59 Å². The van der Waals surface area contributed by atoms with E-state index >= 15 is 0 Å². The van der Waals surface area contributed by atoms with Crippen molar-refractivity contribution in [2.45, 2.75) is 6.54 Å². The SMILES string of the molecule is O=C(Cn1cnc2ccccc2c1=O)Nn1cnc2ccccc21. The highest BCUT2D eigenvalue weighted by Crippen LogP contribution is 2.10. The molecule has 0 bridgehead atoms. The maximum Gasteiger partial charge on any atom is 0.261 e. The highest BCUT2D eigenvalue weighted by Gasteiger charge is 2.09. The van der Waals surface area contributed by atoms with E-state index in [1.807, 2.05) is 30.3 Å². The number of amides is 1. The second kappa shape index (κ2) is 5.62. The Morgan fingerprint density at radius 3 is 2.54 bits per heavy atom. The number of rotatable bonds is 3. The Morgan fingerprint density at radius 1 is 0.958 bits per heavy atom. The summed E-state index contributed by atoms with van der Waals surface area (Å²) in [7, 11) is 0. The van der Waals surface area contributed by atoms with Crippen LogP contribution in [0.1, 0.15) is 0 Å². The van der Waals surface area contributed by atoms with Crippen LogP contribution in [-0.2, 0) is 11.3 Å². The van der Waals surface area contributed by atoms with Crippen LogP contribution in [-0.4, -0.2) is 25.1 Å². The standard InChI is InChI=1S/C17H13N5O2/c23-16(20-22-11-19-14-7-3-4-8-15(14)22)9-21-10-18-13-6-2-1-5-12(13)17(21)24/h1-8,10-11H,9H2,(H,20,23). The summed E-state index contributed by atoms with van der Waals surface area (Å²) >= 11 is 0. The van der Waals surface area contributed by atoms with E-state index in [2.05, 4.69) is 15.4 Å². The van der Waals surface area contributed by atoms with E-state index in [0.717, 1.165) is 11.0 Å². The molecular formula is C17H13N5O2. The monoisotopic (exact) mass is 319 g/mol. The van der Waals surface area contributed by atoms with E-state index in [-0.39, 0.29) is 18.0 Å². The van der Waals surface area contributed by atoms with Gasteiger partial charge in [0, 0.05) is 0 Å². The zero-order valence-corrected chi connectivity index (χ0v) is 12.6. The van der Waals surface area contributed by atoms with Crippen molar-refractivity contribution in [2.24, 2.45) is 0 Å². The molecular weight excluding hydrogens is 306 g/mol. The van der Waals surface area contributed by atoms with Crippen LogP contribution in [0.2, 0.25) is 0 Å². The molecule has 0 aliphatic heterocycles. The molecule has 118 valence electrons. The molecule has 0 saturated carbocycles. The van der Waals surface area contributed by atoms with Crippen molar-refractivity contribution in [2.75, 3.05) is 5.43 Å².